The molecule has 0 N–H and O–H groups in total. The monoisotopic (exact) mass is 1000 g/mol. The van der Waals surface area contributed by atoms with Gasteiger partial charge in [-0.05, 0) is 98.5 Å². The molecule has 12 rings (SSSR count). The van der Waals surface area contributed by atoms with E-state index < -0.39 is 0 Å². The van der Waals surface area contributed by atoms with Crippen molar-refractivity contribution in [3.05, 3.63) is 231 Å². The van der Waals surface area contributed by atoms with Crippen LogP contribution in [0.1, 0.15) is 0 Å². The fourth-order valence-electron chi connectivity index (χ4n) is 8.35. The van der Waals surface area contributed by atoms with Gasteiger partial charge in [0.05, 0.1) is 11.0 Å². The van der Waals surface area contributed by atoms with Crippen molar-refractivity contribution in [2.75, 3.05) is 0 Å². The Labute approximate surface area is 383 Å². The first kappa shape index (κ1) is 39.8. The first-order chi connectivity index (χ1) is 30.8. The van der Waals surface area contributed by atoms with E-state index in [2.05, 4.69) is 165 Å². The fraction of sp³-hybridized carbons (Fsp3) is 0. The van der Waals surface area contributed by atoms with Crippen LogP contribution in [0.2, 0.25) is 0 Å². The second-order valence-corrected chi connectivity index (χ2v) is 16.0. The van der Waals surface area contributed by atoms with Gasteiger partial charge in [0.25, 0.3) is 0 Å². The maximum absolute atomic E-state index is 4.67. The van der Waals surface area contributed by atoms with Gasteiger partial charge in [-0.25, -0.2) is 0 Å². The topological polar surface area (TPSA) is 43.6 Å². The Hall–Kier alpha value is -7.34. The third kappa shape index (κ3) is 7.66. The average Bonchev–Trinajstić information content (AvgIpc) is 3.91. The summed E-state index contributed by atoms with van der Waals surface area (Å²) in [6.07, 6.45) is 5.54. The Bertz CT molecular complexity index is 3510. The number of benzene rings is 7. The predicted octanol–water partition coefficient (Wildman–Crippen LogP) is 14.8. The van der Waals surface area contributed by atoms with E-state index in [1.165, 1.54) is 36.5 Å². The van der Waals surface area contributed by atoms with Gasteiger partial charge in [0.1, 0.15) is 0 Å². The van der Waals surface area contributed by atoms with E-state index in [0.717, 1.165) is 67.2 Å². The number of pyridine rings is 3. The molecule has 0 aliphatic rings. The van der Waals surface area contributed by atoms with Crippen LogP contribution in [0, 0.1) is 18.2 Å². The summed E-state index contributed by atoms with van der Waals surface area (Å²) in [5.41, 5.74) is 13.9. The summed E-state index contributed by atoms with van der Waals surface area (Å²) in [5.74, 6) is 0. The number of fused-ring (bicyclic) bond motifs is 6. The van der Waals surface area contributed by atoms with Crippen molar-refractivity contribution in [3.8, 4) is 61.7 Å². The molecule has 0 fully saturated rings. The molecule has 0 unspecified atom stereocenters. The number of hydrogen-bond donors (Lipinski definition) is 0. The van der Waals surface area contributed by atoms with E-state index >= 15 is 0 Å². The van der Waals surface area contributed by atoms with E-state index in [4.69, 9.17) is 0 Å². The molecule has 0 aliphatic carbocycles. The normalized spacial score (nSPS) is 11.0. The molecule has 6 heteroatoms. The first-order valence-corrected chi connectivity index (χ1v) is 21.3. The number of nitrogens with zero attached hydrogens (tertiary/aromatic N) is 4. The summed E-state index contributed by atoms with van der Waals surface area (Å²) < 4.78 is 4.94. The SMILES string of the molecule is [Ir+3].[c-]1ccc2c(sc3ccccc32)c1-c1ccccn1.[c-]1ccccc1-c1cc(-c2cccc3c2c2cc(-c4cc[c-]c(-c5ccccn5)c4)ccc2n3-c2ccccc2)ccn1. The maximum atomic E-state index is 4.67. The van der Waals surface area contributed by atoms with Gasteiger partial charge in [0, 0.05) is 39.8 Å². The molecular weight excluding hydrogens is 965 g/mol. The second kappa shape index (κ2) is 17.6. The second-order valence-electron chi connectivity index (χ2n) is 14.9. The van der Waals surface area contributed by atoms with Crippen molar-refractivity contribution in [2.45, 2.75) is 0 Å². The number of para-hydroxylation sites is 1. The van der Waals surface area contributed by atoms with E-state index in [1.54, 1.807) is 0 Å². The zero-order valence-electron chi connectivity index (χ0n) is 33.7. The van der Waals surface area contributed by atoms with Gasteiger partial charge in [-0.2, -0.15) is 11.3 Å². The number of aromatic nitrogens is 4. The maximum Gasteiger partial charge on any atom is 3.00 e. The van der Waals surface area contributed by atoms with Gasteiger partial charge in [0.2, 0.25) is 0 Å². The van der Waals surface area contributed by atoms with Crippen molar-refractivity contribution in [2.24, 2.45) is 0 Å². The van der Waals surface area contributed by atoms with E-state index in [-0.39, 0.29) is 20.1 Å². The third-order valence-corrected chi connectivity index (χ3v) is 12.4. The molecule has 0 radical (unpaired) electrons. The number of thiophene rings is 1. The van der Waals surface area contributed by atoms with Crippen molar-refractivity contribution in [1.29, 1.82) is 0 Å². The Kier molecular flexibility index (Phi) is 11.1. The van der Waals surface area contributed by atoms with Gasteiger partial charge in [-0.15, -0.1) is 95.1 Å². The minimum Gasteiger partial charge on any atom is -0.309 e. The van der Waals surface area contributed by atoms with Crippen LogP contribution in [0.4, 0.5) is 0 Å². The molecule has 5 heterocycles. The summed E-state index contributed by atoms with van der Waals surface area (Å²) in [6, 6.07) is 77.1. The average molecular weight is 1000 g/mol. The molecule has 12 aromatic rings. The molecule has 0 saturated heterocycles. The molecule has 7 aromatic carbocycles. The third-order valence-electron chi connectivity index (χ3n) is 11.2. The van der Waals surface area contributed by atoms with Gasteiger partial charge >= 0.3 is 20.1 Å². The molecule has 0 spiro atoms. The van der Waals surface area contributed by atoms with Crippen molar-refractivity contribution >= 4 is 53.3 Å². The molecule has 0 saturated carbocycles. The Balaban J connectivity index is 0.000000196. The fourth-order valence-corrected chi connectivity index (χ4v) is 9.56. The van der Waals surface area contributed by atoms with Crippen LogP contribution in [0.15, 0.2) is 213 Å². The Morgan fingerprint density at radius 3 is 2.00 bits per heavy atom. The summed E-state index contributed by atoms with van der Waals surface area (Å²) in [5, 5.41) is 5.02. The number of rotatable bonds is 6. The van der Waals surface area contributed by atoms with Crippen LogP contribution in [-0.4, -0.2) is 19.5 Å². The summed E-state index contributed by atoms with van der Waals surface area (Å²) in [7, 11) is 0. The van der Waals surface area contributed by atoms with Crippen LogP contribution >= 0.6 is 11.3 Å². The Morgan fingerprint density at radius 1 is 0.429 bits per heavy atom. The molecule has 5 aromatic heterocycles. The number of hydrogen-bond acceptors (Lipinski definition) is 4. The van der Waals surface area contributed by atoms with Gasteiger partial charge in [-0.1, -0.05) is 90.3 Å². The quantitative estimate of drug-likeness (QED) is 0.156. The largest absolute Gasteiger partial charge is 3.00 e. The van der Waals surface area contributed by atoms with Crippen LogP contribution in [-0.2, 0) is 20.1 Å². The van der Waals surface area contributed by atoms with Gasteiger partial charge in [-0.3, -0.25) is 0 Å². The van der Waals surface area contributed by atoms with Crippen LogP contribution < -0.4 is 0 Å². The van der Waals surface area contributed by atoms with Gasteiger partial charge in [0.15, 0.2) is 0 Å². The smallest absolute Gasteiger partial charge is 0.309 e. The Morgan fingerprint density at radius 2 is 1.17 bits per heavy atom. The van der Waals surface area contributed by atoms with Crippen LogP contribution in [0.3, 0.4) is 0 Å². The predicted molar refractivity (Wildman–Crippen MR) is 257 cm³/mol. The zero-order chi connectivity index (χ0) is 41.2. The van der Waals surface area contributed by atoms with Crippen LogP contribution in [0.25, 0.3) is 104 Å². The van der Waals surface area contributed by atoms with E-state index in [1.807, 2.05) is 96.7 Å². The summed E-state index contributed by atoms with van der Waals surface area (Å²) in [6.45, 7) is 0. The molecule has 0 bridgehead atoms. The summed E-state index contributed by atoms with van der Waals surface area (Å²) >= 11 is 1.81. The van der Waals surface area contributed by atoms with Crippen molar-refractivity contribution < 1.29 is 20.1 Å². The standard InChI is InChI=1S/C40H25N3.C17H10NS.Ir/c1-3-11-28(12-4-1)37-27-31(22-24-42-37)34-17-10-19-39-40(34)35-26-30(20-21-38(35)43(39)33-15-5-2-6-16-33)29-13-9-14-32(25-29)36-18-7-8-23-41-36;1-2-10-16-12(6-1)13-7-5-8-14(17(13)19-16)15-9-3-4-11-18-15;/h1-11,13,15-27H;1-7,9-11H;/q-2;-1;+3. The zero-order valence-corrected chi connectivity index (χ0v) is 36.9. The van der Waals surface area contributed by atoms with Crippen LogP contribution in [0.5, 0.6) is 0 Å². The van der Waals surface area contributed by atoms with Crippen molar-refractivity contribution in [3.63, 3.8) is 0 Å². The molecule has 0 aliphatic heterocycles. The first-order valence-electron chi connectivity index (χ1n) is 20.5. The van der Waals surface area contributed by atoms with Crippen molar-refractivity contribution in [1.82, 2.24) is 19.5 Å². The molecule has 63 heavy (non-hydrogen) atoms. The minimum atomic E-state index is 0. The van der Waals surface area contributed by atoms with E-state index in [0.29, 0.717) is 0 Å². The molecule has 4 nitrogen and oxygen atoms in total. The molecular formula is C57H35IrN4S. The van der Waals surface area contributed by atoms with Gasteiger partial charge < -0.3 is 19.5 Å². The molecule has 0 atom stereocenters. The summed E-state index contributed by atoms with van der Waals surface area (Å²) in [4.78, 5) is 13.7. The molecule has 298 valence electrons. The minimum absolute atomic E-state index is 0. The molecule has 0 amide bonds. The van der Waals surface area contributed by atoms with E-state index in [9.17, 15) is 0 Å².